The van der Waals surface area contributed by atoms with E-state index in [-0.39, 0.29) is 41.9 Å². The zero-order chi connectivity index (χ0) is 24.8. The molecule has 0 aliphatic heterocycles. The number of aromatic nitrogens is 2. The highest BCUT2D eigenvalue weighted by molar-refractivity contribution is 7.15. The van der Waals surface area contributed by atoms with E-state index in [0.717, 1.165) is 22.7 Å². The van der Waals surface area contributed by atoms with Crippen molar-refractivity contribution in [3.8, 4) is 5.75 Å². The molecule has 5 N–H and O–H groups in total. The van der Waals surface area contributed by atoms with E-state index in [1.807, 2.05) is 18.4 Å². The maximum atomic E-state index is 13.1. The van der Waals surface area contributed by atoms with E-state index < -0.39 is 11.5 Å². The van der Waals surface area contributed by atoms with E-state index in [1.54, 1.807) is 24.4 Å². The van der Waals surface area contributed by atoms with E-state index in [1.165, 1.54) is 22.7 Å². The third-order valence-corrected chi connectivity index (χ3v) is 9.76. The predicted molar refractivity (Wildman–Crippen MR) is 137 cm³/mol. The van der Waals surface area contributed by atoms with Gasteiger partial charge in [0.25, 0.3) is 0 Å². The topological polar surface area (TPSA) is 128 Å². The molecule has 186 valence electrons. The number of thiazole rings is 2. The van der Waals surface area contributed by atoms with Crippen molar-refractivity contribution >= 4 is 44.5 Å². The minimum atomic E-state index is -0.669. The van der Waals surface area contributed by atoms with Crippen molar-refractivity contribution in [3.05, 3.63) is 46.4 Å². The summed E-state index contributed by atoms with van der Waals surface area (Å²) in [6.07, 6.45) is 3.30. The maximum Gasteiger partial charge on any atom is 0.226 e. The minimum Gasteiger partial charge on any atom is -0.508 e. The van der Waals surface area contributed by atoms with Gasteiger partial charge in [0.05, 0.1) is 18.4 Å². The number of benzene rings is 1. The van der Waals surface area contributed by atoms with Crippen LogP contribution in [0.4, 0.5) is 16.0 Å². The van der Waals surface area contributed by atoms with Crippen molar-refractivity contribution in [2.75, 3.05) is 17.2 Å². The zero-order valence-corrected chi connectivity index (χ0v) is 21.3. The molecule has 5 atom stereocenters. The highest BCUT2D eigenvalue weighted by Crippen LogP contribution is 2.63. The Hall–Kier alpha value is -2.53. The van der Waals surface area contributed by atoms with Crippen LogP contribution >= 0.6 is 22.7 Å². The molecule has 8 nitrogen and oxygen atoms in total. The quantitative estimate of drug-likeness (QED) is 0.328. The lowest BCUT2D eigenvalue weighted by atomic mass is 9.47. The lowest BCUT2D eigenvalue weighted by Crippen LogP contribution is -2.57. The molecule has 3 aromatic rings. The number of aliphatic hydroxyl groups excluding tert-OH is 2. The van der Waals surface area contributed by atoms with Crippen LogP contribution in [0.5, 0.6) is 5.75 Å². The normalized spacial score (nSPS) is 29.8. The van der Waals surface area contributed by atoms with Gasteiger partial charge in [-0.15, -0.1) is 22.7 Å². The molecule has 2 heterocycles. The van der Waals surface area contributed by atoms with Crippen molar-refractivity contribution in [1.82, 2.24) is 9.97 Å². The van der Waals surface area contributed by atoms with Crippen molar-refractivity contribution in [2.45, 2.75) is 51.6 Å². The number of carbonyl (C=O) groups is 1. The van der Waals surface area contributed by atoms with Gasteiger partial charge in [0, 0.05) is 46.0 Å². The second kappa shape index (κ2) is 9.16. The summed E-state index contributed by atoms with van der Waals surface area (Å²) in [5, 5.41) is 40.4. The van der Waals surface area contributed by atoms with Crippen LogP contribution in [-0.2, 0) is 11.2 Å². The number of aliphatic hydroxyl groups is 2. The second-order valence-corrected chi connectivity index (χ2v) is 12.1. The van der Waals surface area contributed by atoms with Crippen LogP contribution in [0.2, 0.25) is 0 Å². The molecule has 2 aromatic heterocycles. The summed E-state index contributed by atoms with van der Waals surface area (Å²) in [5.41, 5.74) is 0.647. The fourth-order valence-electron chi connectivity index (χ4n) is 6.05. The summed E-state index contributed by atoms with van der Waals surface area (Å²) < 4.78 is 0. The Morgan fingerprint density at radius 1 is 1.29 bits per heavy atom. The van der Waals surface area contributed by atoms with Crippen molar-refractivity contribution < 1.29 is 20.1 Å². The van der Waals surface area contributed by atoms with Gasteiger partial charge in [-0.25, -0.2) is 9.97 Å². The van der Waals surface area contributed by atoms with E-state index in [0.29, 0.717) is 23.1 Å². The SMILES string of the molecule is C[C@]1(CO)[C@H]2Cc3sc(Nc4cccc(O)c4)nc3[C@@H](CC(=O)Nc3nccs3)[C@]2(C)CC[C@H]1O. The van der Waals surface area contributed by atoms with Crippen LogP contribution in [0.25, 0.3) is 0 Å². The number of anilines is 3. The molecule has 0 bridgehead atoms. The summed E-state index contributed by atoms with van der Waals surface area (Å²) in [7, 11) is 0. The van der Waals surface area contributed by atoms with E-state index in [2.05, 4.69) is 22.5 Å². The van der Waals surface area contributed by atoms with Gasteiger partial charge in [0.2, 0.25) is 5.91 Å². The van der Waals surface area contributed by atoms with Crippen LogP contribution in [0, 0.1) is 16.7 Å². The maximum absolute atomic E-state index is 13.1. The molecular formula is C25H30N4O4S2. The largest absolute Gasteiger partial charge is 0.508 e. The van der Waals surface area contributed by atoms with Gasteiger partial charge in [-0.2, -0.15) is 0 Å². The first-order chi connectivity index (χ1) is 16.7. The van der Waals surface area contributed by atoms with Gasteiger partial charge in [0.15, 0.2) is 10.3 Å². The van der Waals surface area contributed by atoms with Gasteiger partial charge in [-0.3, -0.25) is 4.79 Å². The average Bonchev–Trinajstić information content (AvgIpc) is 3.47. The Labute approximate surface area is 212 Å². The predicted octanol–water partition coefficient (Wildman–Crippen LogP) is 4.49. The first-order valence-electron chi connectivity index (χ1n) is 11.8. The fraction of sp³-hybridized carbons (Fsp3) is 0.480. The third-order valence-electron chi connectivity index (χ3n) is 8.06. The number of nitrogens with zero attached hydrogens (tertiary/aromatic N) is 2. The first-order valence-corrected chi connectivity index (χ1v) is 13.5. The van der Waals surface area contributed by atoms with Crippen molar-refractivity contribution in [2.24, 2.45) is 16.7 Å². The van der Waals surface area contributed by atoms with E-state index >= 15 is 0 Å². The number of phenols is 1. The van der Waals surface area contributed by atoms with Crippen LogP contribution in [-0.4, -0.2) is 43.9 Å². The molecule has 2 aliphatic carbocycles. The standard InChI is InChI=1S/C25H30N4O4S2/c1-24-7-6-19(32)25(2,13-30)18(24)12-17-21(16(24)11-20(33)28-22-26-8-9-34-22)29-23(35-17)27-14-4-3-5-15(31)10-14/h3-5,8-10,16,18-19,30-32H,6-7,11-13H2,1-2H3,(H,27,29)(H,26,28,33)/t16-,18+,19-,24+,25+/m1/s1. The molecule has 35 heavy (non-hydrogen) atoms. The average molecular weight is 515 g/mol. The Bertz CT molecular complexity index is 1220. The first kappa shape index (κ1) is 24.2. The molecule has 10 heteroatoms. The van der Waals surface area contributed by atoms with Crippen LogP contribution in [0.15, 0.2) is 35.8 Å². The minimum absolute atomic E-state index is 0.0111. The Balaban J connectivity index is 1.52. The summed E-state index contributed by atoms with van der Waals surface area (Å²) in [6, 6.07) is 6.88. The van der Waals surface area contributed by atoms with Gasteiger partial charge >= 0.3 is 0 Å². The Morgan fingerprint density at radius 3 is 2.83 bits per heavy atom. The third kappa shape index (κ3) is 4.33. The molecule has 0 saturated heterocycles. The number of amides is 1. The number of fused-ring (bicyclic) bond motifs is 2. The van der Waals surface area contributed by atoms with Crippen LogP contribution in [0.3, 0.4) is 0 Å². The summed E-state index contributed by atoms with van der Waals surface area (Å²) in [5.74, 6) is -0.141. The zero-order valence-electron chi connectivity index (χ0n) is 19.7. The van der Waals surface area contributed by atoms with Gasteiger partial charge < -0.3 is 26.0 Å². The molecule has 0 unspecified atom stereocenters. The smallest absolute Gasteiger partial charge is 0.226 e. The lowest BCUT2D eigenvalue weighted by Gasteiger charge is -2.58. The summed E-state index contributed by atoms with van der Waals surface area (Å²) in [4.78, 5) is 23.3. The Morgan fingerprint density at radius 2 is 2.11 bits per heavy atom. The van der Waals surface area contributed by atoms with Gasteiger partial charge in [-0.05, 0) is 42.7 Å². The lowest BCUT2D eigenvalue weighted by molar-refractivity contribution is -0.143. The molecule has 0 spiro atoms. The molecule has 5 rings (SSSR count). The summed E-state index contributed by atoms with van der Waals surface area (Å²) in [6.45, 7) is 4.03. The van der Waals surface area contributed by atoms with E-state index in [4.69, 9.17) is 4.98 Å². The number of carbonyl (C=O) groups excluding carboxylic acids is 1. The molecule has 2 aliphatic rings. The highest BCUT2D eigenvalue weighted by Gasteiger charge is 2.59. The molecule has 1 fully saturated rings. The van der Waals surface area contributed by atoms with Crippen LogP contribution < -0.4 is 10.6 Å². The van der Waals surface area contributed by atoms with Crippen molar-refractivity contribution in [1.29, 1.82) is 0 Å². The Kier molecular flexibility index (Phi) is 6.33. The number of hydrogen-bond donors (Lipinski definition) is 5. The number of phenolic OH excluding ortho intramolecular Hbond substituents is 1. The number of hydrogen-bond acceptors (Lipinski definition) is 9. The van der Waals surface area contributed by atoms with Gasteiger partial charge in [-0.1, -0.05) is 19.9 Å². The number of nitrogens with one attached hydrogen (secondary N) is 2. The summed E-state index contributed by atoms with van der Waals surface area (Å²) >= 11 is 2.91. The molecule has 1 amide bonds. The van der Waals surface area contributed by atoms with E-state index in [9.17, 15) is 20.1 Å². The number of aromatic hydroxyl groups is 1. The number of rotatable bonds is 6. The molecule has 1 aromatic carbocycles. The second-order valence-electron chi connectivity index (χ2n) is 10.1. The molecule has 0 radical (unpaired) electrons. The highest BCUT2D eigenvalue weighted by atomic mass is 32.1. The monoisotopic (exact) mass is 514 g/mol. The van der Waals surface area contributed by atoms with Gasteiger partial charge in [0.1, 0.15) is 5.75 Å². The molecular weight excluding hydrogens is 484 g/mol. The molecule has 1 saturated carbocycles. The van der Waals surface area contributed by atoms with Crippen molar-refractivity contribution in [3.63, 3.8) is 0 Å². The van der Waals surface area contributed by atoms with Crippen LogP contribution in [0.1, 0.15) is 49.6 Å². The fourth-order valence-corrected chi connectivity index (χ4v) is 7.68.